The average molecular weight is 391 g/mol. The summed E-state index contributed by atoms with van der Waals surface area (Å²) in [6.07, 6.45) is 3.94. The smallest absolute Gasteiger partial charge is 0.206 e. The van der Waals surface area contributed by atoms with Gasteiger partial charge in [0.1, 0.15) is 11.8 Å². The maximum Gasteiger partial charge on any atom is 0.206 e. The van der Waals surface area contributed by atoms with E-state index < -0.39 is 0 Å². The second kappa shape index (κ2) is 3.84. The predicted octanol–water partition coefficient (Wildman–Crippen LogP) is 4.04. The Hall–Kier alpha value is -0.360. The van der Waals surface area contributed by atoms with E-state index in [9.17, 15) is 4.79 Å². The molecule has 0 spiro atoms. The van der Waals surface area contributed by atoms with Crippen LogP contribution in [0.25, 0.3) is 11.0 Å². The van der Waals surface area contributed by atoms with Crippen LogP contribution in [0.15, 0.2) is 32.1 Å². The van der Waals surface area contributed by atoms with Crippen LogP contribution in [0.5, 0.6) is 0 Å². The molecule has 0 bridgehead atoms. The lowest BCUT2D eigenvalue weighted by atomic mass is 10.1. The second-order valence-electron chi connectivity index (χ2n) is 4.06. The van der Waals surface area contributed by atoms with Crippen LogP contribution in [0, 0.1) is 3.57 Å². The highest BCUT2D eigenvalue weighted by Gasteiger charge is 2.27. The van der Waals surface area contributed by atoms with Crippen molar-refractivity contribution in [2.45, 2.75) is 18.8 Å². The van der Waals surface area contributed by atoms with Crippen LogP contribution in [0.3, 0.4) is 0 Å². The molecule has 0 saturated heterocycles. The van der Waals surface area contributed by atoms with Crippen molar-refractivity contribution >= 4 is 49.5 Å². The van der Waals surface area contributed by atoms with Crippen molar-refractivity contribution in [1.29, 1.82) is 0 Å². The van der Waals surface area contributed by atoms with E-state index in [1.807, 2.05) is 28.7 Å². The molecule has 1 aliphatic carbocycles. The first kappa shape index (κ1) is 10.8. The highest BCUT2D eigenvalue weighted by molar-refractivity contribution is 14.1. The van der Waals surface area contributed by atoms with Crippen LogP contribution in [-0.4, -0.2) is 0 Å². The van der Waals surface area contributed by atoms with Crippen LogP contribution < -0.4 is 5.43 Å². The van der Waals surface area contributed by atoms with Gasteiger partial charge in [-0.2, -0.15) is 0 Å². The quantitative estimate of drug-likeness (QED) is 0.688. The zero-order chi connectivity index (χ0) is 11.3. The summed E-state index contributed by atoms with van der Waals surface area (Å²) in [6, 6.07) is 3.91. The summed E-state index contributed by atoms with van der Waals surface area (Å²) in [7, 11) is 0. The van der Waals surface area contributed by atoms with E-state index in [2.05, 4.69) is 22.0 Å². The van der Waals surface area contributed by atoms with Gasteiger partial charge in [-0.3, -0.25) is 4.79 Å². The van der Waals surface area contributed by atoms with Gasteiger partial charge in [-0.15, -0.1) is 0 Å². The van der Waals surface area contributed by atoms with Gasteiger partial charge in [0.05, 0.1) is 8.96 Å². The van der Waals surface area contributed by atoms with Gasteiger partial charge >= 0.3 is 0 Å². The molecule has 2 nitrogen and oxygen atoms in total. The van der Waals surface area contributed by atoms with E-state index in [0.29, 0.717) is 14.9 Å². The van der Waals surface area contributed by atoms with E-state index in [1.54, 1.807) is 6.26 Å². The molecule has 0 amide bonds. The van der Waals surface area contributed by atoms with Crippen molar-refractivity contribution in [1.82, 2.24) is 0 Å². The highest BCUT2D eigenvalue weighted by Crippen LogP contribution is 2.43. The fraction of sp³-hybridized carbons (Fsp3) is 0.250. The minimum absolute atomic E-state index is 0.0602. The molecule has 4 heteroatoms. The summed E-state index contributed by atoms with van der Waals surface area (Å²) >= 11 is 5.46. The van der Waals surface area contributed by atoms with Crippen molar-refractivity contribution in [3.05, 3.63) is 42.2 Å². The van der Waals surface area contributed by atoms with Crippen LogP contribution in [0.1, 0.15) is 24.3 Å². The Bertz CT molecular complexity index is 629. The zero-order valence-electron chi connectivity index (χ0n) is 8.30. The van der Waals surface area contributed by atoms with Crippen LogP contribution in [-0.2, 0) is 0 Å². The lowest BCUT2D eigenvalue weighted by molar-refractivity contribution is 0.593. The van der Waals surface area contributed by atoms with E-state index in [0.717, 1.165) is 15.6 Å². The zero-order valence-corrected chi connectivity index (χ0v) is 12.0. The summed E-state index contributed by atoms with van der Waals surface area (Å²) in [5, 5.41) is 0.683. The Morgan fingerprint density at radius 3 is 2.81 bits per heavy atom. The lowest BCUT2D eigenvalue weighted by Gasteiger charge is -2.05. The number of rotatable bonds is 1. The van der Waals surface area contributed by atoms with Crippen molar-refractivity contribution in [3.63, 3.8) is 0 Å². The van der Waals surface area contributed by atoms with Gasteiger partial charge in [-0.25, -0.2) is 0 Å². The molecule has 0 unspecified atom stereocenters. The number of hydrogen-bond acceptors (Lipinski definition) is 2. The Labute approximate surface area is 114 Å². The first-order chi connectivity index (χ1) is 7.66. The number of fused-ring (bicyclic) bond motifs is 1. The molecule has 1 heterocycles. The van der Waals surface area contributed by atoms with Crippen LogP contribution in [0.4, 0.5) is 0 Å². The Balaban J connectivity index is 2.43. The molecule has 1 fully saturated rings. The SMILES string of the molecule is O=c1c(I)coc2c(C3CC3)cc(Br)cc12. The molecule has 82 valence electrons. The molecule has 1 aromatic carbocycles. The van der Waals surface area contributed by atoms with Gasteiger partial charge in [0, 0.05) is 4.47 Å². The fourth-order valence-electron chi connectivity index (χ4n) is 1.91. The molecule has 2 aromatic rings. The normalized spacial score (nSPS) is 15.6. The molecule has 16 heavy (non-hydrogen) atoms. The predicted molar refractivity (Wildman–Crippen MR) is 74.9 cm³/mol. The van der Waals surface area contributed by atoms with E-state index in [-0.39, 0.29) is 5.43 Å². The van der Waals surface area contributed by atoms with Gasteiger partial charge in [0.2, 0.25) is 5.43 Å². The molecule has 0 radical (unpaired) electrons. The van der Waals surface area contributed by atoms with Gasteiger partial charge in [0.25, 0.3) is 0 Å². The monoisotopic (exact) mass is 390 g/mol. The van der Waals surface area contributed by atoms with Crippen LogP contribution in [0.2, 0.25) is 0 Å². The first-order valence-corrected chi connectivity index (χ1v) is 6.94. The number of halogens is 2. The molecule has 0 atom stereocenters. The van der Waals surface area contributed by atoms with Gasteiger partial charge < -0.3 is 4.42 Å². The van der Waals surface area contributed by atoms with E-state index >= 15 is 0 Å². The standard InChI is InChI=1S/C12H8BrIO2/c13-7-3-8(6-1-2-6)12-9(4-7)11(15)10(14)5-16-12/h3-6H,1-2H2. The van der Waals surface area contributed by atoms with Crippen molar-refractivity contribution in [2.24, 2.45) is 0 Å². The summed E-state index contributed by atoms with van der Waals surface area (Å²) < 4.78 is 7.17. The minimum Gasteiger partial charge on any atom is -0.463 e. The topological polar surface area (TPSA) is 30.2 Å². The Morgan fingerprint density at radius 1 is 1.38 bits per heavy atom. The third-order valence-electron chi connectivity index (χ3n) is 2.84. The molecule has 1 aromatic heterocycles. The molecule has 3 rings (SSSR count). The van der Waals surface area contributed by atoms with Gasteiger partial charge in [0.15, 0.2) is 0 Å². The number of benzene rings is 1. The van der Waals surface area contributed by atoms with Gasteiger partial charge in [-0.1, -0.05) is 15.9 Å². The van der Waals surface area contributed by atoms with Crippen molar-refractivity contribution in [2.75, 3.05) is 0 Å². The lowest BCUT2D eigenvalue weighted by Crippen LogP contribution is -2.05. The summed E-state index contributed by atoms with van der Waals surface area (Å²) in [6.45, 7) is 0. The largest absolute Gasteiger partial charge is 0.463 e. The number of hydrogen-bond donors (Lipinski definition) is 0. The third-order valence-corrected chi connectivity index (χ3v) is 4.04. The summed E-state index contributed by atoms with van der Waals surface area (Å²) in [5.74, 6) is 0.572. The van der Waals surface area contributed by atoms with E-state index in [1.165, 1.54) is 12.8 Å². The third kappa shape index (κ3) is 1.72. The minimum atomic E-state index is 0.0602. The molecule has 1 aliphatic rings. The van der Waals surface area contributed by atoms with Gasteiger partial charge in [-0.05, 0) is 59.0 Å². The maximum atomic E-state index is 12.0. The Morgan fingerprint density at radius 2 is 2.12 bits per heavy atom. The maximum absolute atomic E-state index is 12.0. The highest BCUT2D eigenvalue weighted by atomic mass is 127. The summed E-state index contributed by atoms with van der Waals surface area (Å²) in [4.78, 5) is 12.0. The van der Waals surface area contributed by atoms with Crippen LogP contribution >= 0.6 is 38.5 Å². The average Bonchev–Trinajstić information content (AvgIpc) is 3.07. The fourth-order valence-corrected chi connectivity index (χ4v) is 2.80. The van der Waals surface area contributed by atoms with Crippen molar-refractivity contribution in [3.8, 4) is 0 Å². The Kier molecular flexibility index (Phi) is 2.58. The second-order valence-corrected chi connectivity index (χ2v) is 6.14. The van der Waals surface area contributed by atoms with Crippen molar-refractivity contribution < 1.29 is 4.42 Å². The molecule has 1 saturated carbocycles. The summed E-state index contributed by atoms with van der Waals surface area (Å²) in [5.41, 5.74) is 1.99. The molecular formula is C12H8BrIO2. The van der Waals surface area contributed by atoms with E-state index in [4.69, 9.17) is 4.42 Å². The molecule has 0 aliphatic heterocycles. The molecular weight excluding hydrogens is 383 g/mol. The molecule has 0 N–H and O–H groups in total. The first-order valence-electron chi connectivity index (χ1n) is 5.07.